The van der Waals surface area contributed by atoms with Crippen molar-refractivity contribution in [1.29, 1.82) is 0 Å². The number of anilines is 1. The molecule has 1 aromatic heterocycles. The first kappa shape index (κ1) is 19.9. The highest BCUT2D eigenvalue weighted by Crippen LogP contribution is 2.29. The summed E-state index contributed by atoms with van der Waals surface area (Å²) in [7, 11) is 0. The molecule has 2 aromatic carbocycles. The van der Waals surface area contributed by atoms with Gasteiger partial charge in [-0.05, 0) is 42.0 Å². The van der Waals surface area contributed by atoms with E-state index in [-0.39, 0.29) is 25.8 Å². The Balaban J connectivity index is 1.78. The normalized spacial score (nSPS) is 11.3. The lowest BCUT2D eigenvalue weighted by molar-refractivity contribution is -0.384. The molecule has 0 saturated heterocycles. The number of nitrogens with zero attached hydrogens (tertiary/aromatic N) is 3. The number of nitrogens with one attached hydrogen (secondary N) is 1. The molecule has 0 bridgehead atoms. The van der Waals surface area contributed by atoms with Crippen molar-refractivity contribution < 1.29 is 14.1 Å². The summed E-state index contributed by atoms with van der Waals surface area (Å²) in [6, 6.07) is 9.47. The first-order chi connectivity index (χ1) is 13.3. The molecule has 1 amide bonds. The van der Waals surface area contributed by atoms with Crippen molar-refractivity contribution in [2.24, 2.45) is 0 Å². The third kappa shape index (κ3) is 4.69. The highest BCUT2D eigenvalue weighted by molar-refractivity contribution is 7.15. The van der Waals surface area contributed by atoms with Crippen molar-refractivity contribution in [1.82, 2.24) is 10.2 Å². The molecule has 28 heavy (non-hydrogen) atoms. The predicted molar refractivity (Wildman–Crippen MR) is 106 cm³/mol. The van der Waals surface area contributed by atoms with E-state index in [1.165, 1.54) is 42.5 Å². The van der Waals surface area contributed by atoms with Crippen LogP contribution in [0.5, 0.6) is 0 Å². The summed E-state index contributed by atoms with van der Waals surface area (Å²) in [5.41, 5.74) is 0.586. The Labute approximate surface area is 171 Å². The Bertz CT molecular complexity index is 1090. The van der Waals surface area contributed by atoms with Crippen LogP contribution < -0.4 is 5.32 Å². The molecule has 7 nitrogen and oxygen atoms in total. The van der Waals surface area contributed by atoms with Crippen LogP contribution in [0.4, 0.5) is 15.8 Å². The van der Waals surface area contributed by atoms with E-state index in [1.807, 2.05) is 0 Å². The maximum absolute atomic E-state index is 12.9. The van der Waals surface area contributed by atoms with E-state index in [9.17, 15) is 19.3 Å². The van der Waals surface area contributed by atoms with Gasteiger partial charge in [-0.15, -0.1) is 10.2 Å². The van der Waals surface area contributed by atoms with Gasteiger partial charge in [0.2, 0.25) is 5.01 Å². The summed E-state index contributed by atoms with van der Waals surface area (Å²) < 4.78 is 12.9. The van der Waals surface area contributed by atoms with Crippen LogP contribution in [0.1, 0.15) is 20.4 Å². The average molecular weight is 439 g/mol. The fraction of sp³-hybridized carbons (Fsp3) is 0. The smallest absolute Gasteiger partial charge is 0.288 e. The zero-order valence-corrected chi connectivity index (χ0v) is 16.1. The molecule has 3 aromatic rings. The molecule has 0 radical (unpaired) electrons. The van der Waals surface area contributed by atoms with Gasteiger partial charge >= 0.3 is 0 Å². The van der Waals surface area contributed by atoms with Crippen molar-refractivity contribution in [3.05, 3.63) is 79.0 Å². The first-order valence-electron chi connectivity index (χ1n) is 7.55. The number of halogens is 3. The molecule has 0 fully saturated rings. The van der Waals surface area contributed by atoms with Crippen molar-refractivity contribution in [2.75, 3.05) is 5.32 Å². The molecule has 0 aliphatic heterocycles. The zero-order valence-electron chi connectivity index (χ0n) is 13.7. The van der Waals surface area contributed by atoms with Crippen LogP contribution in [-0.2, 0) is 0 Å². The number of rotatable bonds is 5. The minimum absolute atomic E-state index is 0.00828. The summed E-state index contributed by atoms with van der Waals surface area (Å²) in [5, 5.41) is 21.6. The molecular weight excluding hydrogens is 430 g/mol. The molecule has 0 aliphatic rings. The maximum atomic E-state index is 12.9. The molecule has 0 aliphatic carbocycles. The Kier molecular flexibility index (Phi) is 5.98. The topological polar surface area (TPSA) is 98.0 Å². The average Bonchev–Trinajstić information content (AvgIpc) is 3.15. The molecule has 0 saturated carbocycles. The van der Waals surface area contributed by atoms with E-state index in [0.717, 1.165) is 11.3 Å². The molecular formula is C17H9Cl2FN4O3S. The largest absolute Gasteiger partial charge is 0.320 e. The lowest BCUT2D eigenvalue weighted by Gasteiger charge is -2.01. The van der Waals surface area contributed by atoms with Gasteiger partial charge in [-0.1, -0.05) is 40.6 Å². The summed E-state index contributed by atoms with van der Waals surface area (Å²) in [5.74, 6) is -0.947. The minimum atomic E-state index is -0.601. The maximum Gasteiger partial charge on any atom is 0.288 e. The zero-order chi connectivity index (χ0) is 20.3. The number of carbonyl (C=O) groups is 1. The van der Waals surface area contributed by atoms with E-state index in [2.05, 4.69) is 15.5 Å². The third-order valence-electron chi connectivity index (χ3n) is 3.39. The van der Waals surface area contributed by atoms with E-state index in [0.29, 0.717) is 11.3 Å². The Morgan fingerprint density at radius 1 is 1.18 bits per heavy atom. The van der Waals surface area contributed by atoms with Gasteiger partial charge in [-0.2, -0.15) is 0 Å². The second-order valence-electron chi connectivity index (χ2n) is 5.33. The standard InChI is InChI=1S/C17H9Cl2FN4O3S/c18-12-6-1-9(8-14(12)24(26)27)7-13(19)16-22-23-17(28-16)15(25)21-11-4-2-10(20)3-5-11/h1-8H,(H,21,25)/b13-7-. The number of hydrogen-bond donors (Lipinski definition) is 1. The number of hydrogen-bond acceptors (Lipinski definition) is 6. The van der Waals surface area contributed by atoms with E-state index in [1.54, 1.807) is 6.07 Å². The fourth-order valence-corrected chi connectivity index (χ4v) is 3.21. The molecule has 0 spiro atoms. The quantitative estimate of drug-likeness (QED) is 0.434. The second-order valence-corrected chi connectivity index (χ2v) is 7.13. The Hall–Kier alpha value is -2.88. The monoisotopic (exact) mass is 438 g/mol. The lowest BCUT2D eigenvalue weighted by atomic mass is 10.2. The van der Waals surface area contributed by atoms with Crippen molar-refractivity contribution >= 4 is 62.9 Å². The molecule has 1 heterocycles. The van der Waals surface area contributed by atoms with Crippen molar-refractivity contribution in [2.45, 2.75) is 0 Å². The van der Waals surface area contributed by atoms with Crippen LogP contribution in [-0.4, -0.2) is 21.0 Å². The van der Waals surface area contributed by atoms with E-state index in [4.69, 9.17) is 23.2 Å². The van der Waals surface area contributed by atoms with Crippen LogP contribution in [0.15, 0.2) is 42.5 Å². The predicted octanol–water partition coefficient (Wildman–Crippen LogP) is 5.23. The number of benzene rings is 2. The molecule has 142 valence electrons. The lowest BCUT2D eigenvalue weighted by Crippen LogP contribution is -2.11. The van der Waals surface area contributed by atoms with Crippen LogP contribution >= 0.6 is 34.5 Å². The highest BCUT2D eigenvalue weighted by Gasteiger charge is 2.16. The van der Waals surface area contributed by atoms with Gasteiger partial charge in [0.15, 0.2) is 5.01 Å². The van der Waals surface area contributed by atoms with Gasteiger partial charge < -0.3 is 5.32 Å². The Morgan fingerprint density at radius 2 is 1.86 bits per heavy atom. The first-order valence-corrected chi connectivity index (χ1v) is 9.12. The third-order valence-corrected chi connectivity index (χ3v) is 5.06. The minimum Gasteiger partial charge on any atom is -0.320 e. The molecule has 11 heteroatoms. The SMILES string of the molecule is O=C(Nc1ccc(F)cc1)c1nnc(/C(Cl)=C/c2ccc(Cl)c([N+](=O)[O-])c2)s1. The number of aromatic nitrogens is 2. The highest BCUT2D eigenvalue weighted by atomic mass is 35.5. The molecule has 0 atom stereocenters. The van der Waals surface area contributed by atoms with Gasteiger partial charge in [0.05, 0.1) is 9.96 Å². The van der Waals surface area contributed by atoms with Crippen LogP contribution in [0.2, 0.25) is 5.02 Å². The van der Waals surface area contributed by atoms with Gasteiger partial charge in [-0.3, -0.25) is 14.9 Å². The van der Waals surface area contributed by atoms with Crippen molar-refractivity contribution in [3.63, 3.8) is 0 Å². The summed E-state index contributed by atoms with van der Waals surface area (Å²) in [4.78, 5) is 22.6. The van der Waals surface area contributed by atoms with Gasteiger partial charge in [0.25, 0.3) is 11.6 Å². The molecule has 0 unspecified atom stereocenters. The van der Waals surface area contributed by atoms with Crippen LogP contribution in [0, 0.1) is 15.9 Å². The van der Waals surface area contributed by atoms with Gasteiger partial charge in [0.1, 0.15) is 10.8 Å². The van der Waals surface area contributed by atoms with Crippen LogP contribution in [0.3, 0.4) is 0 Å². The fourth-order valence-electron chi connectivity index (χ4n) is 2.10. The van der Waals surface area contributed by atoms with E-state index >= 15 is 0 Å². The Morgan fingerprint density at radius 3 is 2.54 bits per heavy atom. The summed E-state index contributed by atoms with van der Waals surface area (Å²) in [6.07, 6.45) is 1.45. The number of nitro groups is 1. The van der Waals surface area contributed by atoms with Crippen LogP contribution in [0.25, 0.3) is 11.1 Å². The number of carbonyl (C=O) groups excluding carboxylic acids is 1. The number of amides is 1. The molecule has 1 N–H and O–H groups in total. The van der Waals surface area contributed by atoms with E-state index < -0.39 is 16.6 Å². The summed E-state index contributed by atoms with van der Waals surface area (Å²) >= 11 is 12.9. The van der Waals surface area contributed by atoms with Gasteiger partial charge in [-0.25, -0.2) is 4.39 Å². The molecule has 3 rings (SSSR count). The van der Waals surface area contributed by atoms with Gasteiger partial charge in [0, 0.05) is 11.8 Å². The summed E-state index contributed by atoms with van der Waals surface area (Å²) in [6.45, 7) is 0. The van der Waals surface area contributed by atoms with Crippen molar-refractivity contribution in [3.8, 4) is 0 Å². The number of nitro benzene ring substituents is 1. The second kappa shape index (κ2) is 8.42.